The summed E-state index contributed by atoms with van der Waals surface area (Å²) < 4.78 is 5.78. The van der Waals surface area contributed by atoms with E-state index in [1.807, 2.05) is 0 Å². The Morgan fingerprint density at radius 2 is 2.31 bits per heavy atom. The first-order chi connectivity index (χ1) is 7.88. The van der Waals surface area contributed by atoms with Crippen molar-refractivity contribution in [2.45, 2.75) is 51.2 Å². The molecular formula is C13H26N2O. The van der Waals surface area contributed by atoms with E-state index in [1.54, 1.807) is 0 Å². The first-order valence-electron chi connectivity index (χ1n) is 6.96. The van der Waals surface area contributed by atoms with Gasteiger partial charge in [-0.05, 0) is 32.1 Å². The van der Waals surface area contributed by atoms with Gasteiger partial charge in [0.05, 0.1) is 6.10 Å². The number of nitrogens with zero attached hydrogens (tertiary/aromatic N) is 1. The maximum Gasteiger partial charge on any atom is 0.0587 e. The fourth-order valence-electron chi connectivity index (χ4n) is 2.73. The van der Waals surface area contributed by atoms with E-state index in [9.17, 15) is 0 Å². The van der Waals surface area contributed by atoms with E-state index in [2.05, 4.69) is 17.1 Å². The van der Waals surface area contributed by atoms with E-state index in [-0.39, 0.29) is 0 Å². The van der Waals surface area contributed by atoms with E-state index in [0.29, 0.717) is 12.1 Å². The molecule has 0 aromatic rings. The third kappa shape index (κ3) is 3.72. The molecule has 16 heavy (non-hydrogen) atoms. The second-order valence-corrected chi connectivity index (χ2v) is 5.14. The second kappa shape index (κ2) is 6.58. The average molecular weight is 226 g/mol. The molecule has 0 amide bonds. The van der Waals surface area contributed by atoms with Crippen molar-refractivity contribution in [2.75, 3.05) is 32.8 Å². The first-order valence-corrected chi connectivity index (χ1v) is 6.96. The van der Waals surface area contributed by atoms with Crippen LogP contribution in [0, 0.1) is 0 Å². The van der Waals surface area contributed by atoms with Gasteiger partial charge < -0.3 is 15.0 Å². The largest absolute Gasteiger partial charge is 0.378 e. The van der Waals surface area contributed by atoms with Crippen molar-refractivity contribution in [3.63, 3.8) is 0 Å². The zero-order valence-electron chi connectivity index (χ0n) is 10.6. The first kappa shape index (κ1) is 12.3. The topological polar surface area (TPSA) is 24.5 Å². The average Bonchev–Trinajstić information content (AvgIpc) is 2.38. The van der Waals surface area contributed by atoms with Crippen LogP contribution in [0.1, 0.15) is 39.0 Å². The zero-order chi connectivity index (χ0) is 11.2. The number of hydrogen-bond donors (Lipinski definition) is 1. The molecule has 0 spiro atoms. The fraction of sp³-hybridized carbons (Fsp3) is 1.00. The van der Waals surface area contributed by atoms with Crippen molar-refractivity contribution >= 4 is 0 Å². The summed E-state index contributed by atoms with van der Waals surface area (Å²) >= 11 is 0. The molecule has 0 aliphatic carbocycles. The van der Waals surface area contributed by atoms with Crippen LogP contribution in [-0.2, 0) is 4.74 Å². The number of rotatable bonds is 4. The smallest absolute Gasteiger partial charge is 0.0587 e. The molecular weight excluding hydrogens is 200 g/mol. The minimum Gasteiger partial charge on any atom is -0.378 e. The number of nitrogens with one attached hydrogen (secondary N) is 1. The standard InChI is InChI=1S/C13H26N2O/c1-2-12-11-15(9-7-14-12)8-6-13-5-3-4-10-16-13/h12-14H,2-11H2,1H3. The van der Waals surface area contributed by atoms with Crippen LogP contribution in [0.4, 0.5) is 0 Å². The summed E-state index contributed by atoms with van der Waals surface area (Å²) in [5, 5.41) is 3.56. The van der Waals surface area contributed by atoms with Gasteiger partial charge in [0.15, 0.2) is 0 Å². The van der Waals surface area contributed by atoms with Gasteiger partial charge in [-0.2, -0.15) is 0 Å². The van der Waals surface area contributed by atoms with Crippen LogP contribution in [0.3, 0.4) is 0 Å². The molecule has 1 N–H and O–H groups in total. The Morgan fingerprint density at radius 1 is 1.38 bits per heavy atom. The van der Waals surface area contributed by atoms with Crippen LogP contribution in [-0.4, -0.2) is 49.8 Å². The third-order valence-corrected chi connectivity index (χ3v) is 3.87. The van der Waals surface area contributed by atoms with Crippen LogP contribution in [0.5, 0.6) is 0 Å². The highest BCUT2D eigenvalue weighted by Gasteiger charge is 2.19. The normalized spacial score (nSPS) is 32.8. The monoisotopic (exact) mass is 226 g/mol. The summed E-state index contributed by atoms with van der Waals surface area (Å²) in [7, 11) is 0. The van der Waals surface area contributed by atoms with Crippen molar-refractivity contribution in [2.24, 2.45) is 0 Å². The maximum atomic E-state index is 5.78. The van der Waals surface area contributed by atoms with Crippen LogP contribution < -0.4 is 5.32 Å². The lowest BCUT2D eigenvalue weighted by Crippen LogP contribution is -2.50. The highest BCUT2D eigenvalue weighted by Crippen LogP contribution is 2.16. The van der Waals surface area contributed by atoms with Gasteiger partial charge in [0.2, 0.25) is 0 Å². The molecule has 0 aromatic heterocycles. The lowest BCUT2D eigenvalue weighted by atomic mass is 10.1. The molecule has 2 heterocycles. The van der Waals surface area contributed by atoms with Crippen molar-refractivity contribution in [1.82, 2.24) is 10.2 Å². The van der Waals surface area contributed by atoms with Gasteiger partial charge in [0.25, 0.3) is 0 Å². The molecule has 2 aliphatic heterocycles. The van der Waals surface area contributed by atoms with E-state index in [4.69, 9.17) is 4.74 Å². The fourth-order valence-corrected chi connectivity index (χ4v) is 2.73. The highest BCUT2D eigenvalue weighted by molar-refractivity contribution is 4.78. The molecule has 0 saturated carbocycles. The lowest BCUT2D eigenvalue weighted by Gasteiger charge is -2.34. The van der Waals surface area contributed by atoms with Gasteiger partial charge in [-0.15, -0.1) is 0 Å². The predicted octanol–water partition coefficient (Wildman–Crippen LogP) is 1.63. The molecule has 2 atom stereocenters. The zero-order valence-corrected chi connectivity index (χ0v) is 10.6. The Balaban J connectivity index is 1.64. The third-order valence-electron chi connectivity index (χ3n) is 3.87. The SMILES string of the molecule is CCC1CN(CCC2CCCCO2)CCN1. The molecule has 0 bridgehead atoms. The Kier molecular flexibility index (Phi) is 5.07. The Bertz CT molecular complexity index is 192. The Hall–Kier alpha value is -0.120. The van der Waals surface area contributed by atoms with E-state index < -0.39 is 0 Å². The summed E-state index contributed by atoms with van der Waals surface area (Å²) in [6, 6.07) is 0.709. The Labute approximate surface area is 99.5 Å². The molecule has 2 fully saturated rings. The molecule has 2 unspecified atom stereocenters. The number of ether oxygens (including phenoxy) is 1. The summed E-state index contributed by atoms with van der Waals surface area (Å²) in [6.45, 7) is 8.08. The van der Waals surface area contributed by atoms with Crippen molar-refractivity contribution in [1.29, 1.82) is 0 Å². The minimum atomic E-state index is 0.545. The van der Waals surface area contributed by atoms with E-state index in [0.717, 1.165) is 13.2 Å². The molecule has 3 nitrogen and oxygen atoms in total. The van der Waals surface area contributed by atoms with Gasteiger partial charge in [0.1, 0.15) is 0 Å². The van der Waals surface area contributed by atoms with Crippen molar-refractivity contribution in [3.05, 3.63) is 0 Å². The summed E-state index contributed by atoms with van der Waals surface area (Å²) in [5.74, 6) is 0. The van der Waals surface area contributed by atoms with Crippen LogP contribution in [0.25, 0.3) is 0 Å². The molecule has 94 valence electrons. The van der Waals surface area contributed by atoms with E-state index in [1.165, 1.54) is 51.7 Å². The van der Waals surface area contributed by atoms with Crippen LogP contribution >= 0.6 is 0 Å². The van der Waals surface area contributed by atoms with Gasteiger partial charge >= 0.3 is 0 Å². The predicted molar refractivity (Wildman–Crippen MR) is 66.7 cm³/mol. The molecule has 0 radical (unpaired) electrons. The van der Waals surface area contributed by atoms with Gasteiger partial charge in [-0.1, -0.05) is 6.92 Å². The highest BCUT2D eigenvalue weighted by atomic mass is 16.5. The molecule has 2 saturated heterocycles. The quantitative estimate of drug-likeness (QED) is 0.788. The lowest BCUT2D eigenvalue weighted by molar-refractivity contribution is 0.00398. The minimum absolute atomic E-state index is 0.545. The molecule has 2 rings (SSSR count). The van der Waals surface area contributed by atoms with Crippen LogP contribution in [0.2, 0.25) is 0 Å². The summed E-state index contributed by atoms with van der Waals surface area (Å²) in [6.07, 6.45) is 6.94. The van der Waals surface area contributed by atoms with Gasteiger partial charge in [-0.3, -0.25) is 0 Å². The summed E-state index contributed by atoms with van der Waals surface area (Å²) in [4.78, 5) is 2.60. The molecule has 0 aromatic carbocycles. The number of piperazine rings is 1. The van der Waals surface area contributed by atoms with Crippen molar-refractivity contribution < 1.29 is 4.74 Å². The number of hydrogen-bond acceptors (Lipinski definition) is 3. The summed E-state index contributed by atoms with van der Waals surface area (Å²) in [5.41, 5.74) is 0. The van der Waals surface area contributed by atoms with Gasteiger partial charge in [-0.25, -0.2) is 0 Å². The maximum absolute atomic E-state index is 5.78. The van der Waals surface area contributed by atoms with Crippen LogP contribution in [0.15, 0.2) is 0 Å². The Morgan fingerprint density at radius 3 is 3.06 bits per heavy atom. The van der Waals surface area contributed by atoms with Crippen molar-refractivity contribution in [3.8, 4) is 0 Å². The second-order valence-electron chi connectivity index (χ2n) is 5.14. The van der Waals surface area contributed by atoms with E-state index >= 15 is 0 Å². The molecule has 2 aliphatic rings. The molecule has 3 heteroatoms. The van der Waals surface area contributed by atoms with Gasteiger partial charge in [0, 0.05) is 38.8 Å².